The number of amides is 2. The van der Waals surface area contributed by atoms with Crippen molar-refractivity contribution in [3.8, 4) is 0 Å². The number of nitrogens with one attached hydrogen (secondary N) is 2. The molecular weight excluding hydrogens is 228 g/mol. The summed E-state index contributed by atoms with van der Waals surface area (Å²) in [5.41, 5.74) is 1.40. The molecule has 1 aromatic carbocycles. The largest absolute Gasteiger partial charge is 0.324 e. The van der Waals surface area contributed by atoms with Crippen molar-refractivity contribution in [3.63, 3.8) is 0 Å². The number of anilines is 2. The van der Waals surface area contributed by atoms with Crippen molar-refractivity contribution >= 4 is 23.2 Å². The number of para-hydroxylation sites is 2. The summed E-state index contributed by atoms with van der Waals surface area (Å²) in [6.45, 7) is 0. The van der Waals surface area contributed by atoms with Crippen LogP contribution in [-0.2, 0) is 9.59 Å². The minimum absolute atomic E-state index is 0.0584. The zero-order valence-electron chi connectivity index (χ0n) is 10.1. The molecule has 2 fully saturated rings. The molecule has 0 radical (unpaired) electrons. The Hall–Kier alpha value is -1.84. The van der Waals surface area contributed by atoms with Crippen molar-refractivity contribution in [3.05, 3.63) is 24.3 Å². The zero-order chi connectivity index (χ0) is 12.5. The van der Waals surface area contributed by atoms with Crippen LogP contribution < -0.4 is 10.6 Å². The van der Waals surface area contributed by atoms with E-state index in [9.17, 15) is 9.59 Å². The van der Waals surface area contributed by atoms with E-state index in [1.54, 1.807) is 0 Å². The second kappa shape index (κ2) is 4.44. The van der Waals surface area contributed by atoms with Gasteiger partial charge in [0.1, 0.15) is 0 Å². The fourth-order valence-corrected chi connectivity index (χ4v) is 1.86. The average Bonchev–Trinajstić information content (AvgIpc) is 3.22. The second-order valence-electron chi connectivity index (χ2n) is 5.07. The van der Waals surface area contributed by atoms with Gasteiger partial charge in [-0.25, -0.2) is 0 Å². The van der Waals surface area contributed by atoms with Crippen LogP contribution in [0.15, 0.2) is 24.3 Å². The summed E-state index contributed by atoms with van der Waals surface area (Å²) in [6.07, 6.45) is 3.90. The molecule has 3 rings (SSSR count). The van der Waals surface area contributed by atoms with E-state index in [1.165, 1.54) is 0 Å². The summed E-state index contributed by atoms with van der Waals surface area (Å²) >= 11 is 0. The van der Waals surface area contributed by atoms with Crippen LogP contribution in [0.3, 0.4) is 0 Å². The van der Waals surface area contributed by atoms with Gasteiger partial charge in [-0.1, -0.05) is 12.1 Å². The van der Waals surface area contributed by atoms with Crippen LogP contribution >= 0.6 is 0 Å². The monoisotopic (exact) mass is 244 g/mol. The van der Waals surface area contributed by atoms with E-state index in [4.69, 9.17) is 0 Å². The highest BCUT2D eigenvalue weighted by Gasteiger charge is 2.31. The van der Waals surface area contributed by atoms with Crippen molar-refractivity contribution in [1.82, 2.24) is 0 Å². The molecule has 0 bridgehead atoms. The molecule has 2 saturated carbocycles. The third-order valence-corrected chi connectivity index (χ3v) is 3.34. The highest BCUT2D eigenvalue weighted by Crippen LogP contribution is 2.33. The van der Waals surface area contributed by atoms with Gasteiger partial charge in [0.05, 0.1) is 11.4 Å². The van der Waals surface area contributed by atoms with Crippen molar-refractivity contribution < 1.29 is 9.59 Å². The number of carbonyl (C=O) groups is 2. The Balaban J connectivity index is 1.71. The van der Waals surface area contributed by atoms with Crippen molar-refractivity contribution in [2.24, 2.45) is 11.8 Å². The molecule has 1 aromatic rings. The molecule has 0 atom stereocenters. The fourth-order valence-electron chi connectivity index (χ4n) is 1.86. The first-order valence-corrected chi connectivity index (χ1v) is 6.45. The normalized spacial score (nSPS) is 18.2. The number of hydrogen-bond acceptors (Lipinski definition) is 2. The maximum atomic E-state index is 11.7. The van der Waals surface area contributed by atoms with Crippen molar-refractivity contribution in [2.75, 3.05) is 10.6 Å². The molecule has 18 heavy (non-hydrogen) atoms. The van der Waals surface area contributed by atoms with Crippen LogP contribution in [0.5, 0.6) is 0 Å². The summed E-state index contributed by atoms with van der Waals surface area (Å²) in [7, 11) is 0. The molecule has 0 heterocycles. The second-order valence-corrected chi connectivity index (χ2v) is 5.07. The number of rotatable bonds is 4. The van der Waals surface area contributed by atoms with E-state index < -0.39 is 0 Å². The van der Waals surface area contributed by atoms with Crippen LogP contribution in [0.2, 0.25) is 0 Å². The lowest BCUT2D eigenvalue weighted by molar-refractivity contribution is -0.118. The predicted molar refractivity (Wildman–Crippen MR) is 69.1 cm³/mol. The van der Waals surface area contributed by atoms with Gasteiger partial charge in [0.15, 0.2) is 0 Å². The first-order chi connectivity index (χ1) is 8.74. The topological polar surface area (TPSA) is 58.2 Å². The van der Waals surface area contributed by atoms with Gasteiger partial charge >= 0.3 is 0 Å². The van der Waals surface area contributed by atoms with Gasteiger partial charge in [-0.05, 0) is 37.8 Å². The average molecular weight is 244 g/mol. The molecule has 0 aromatic heterocycles. The molecule has 2 aliphatic rings. The van der Waals surface area contributed by atoms with E-state index in [0.717, 1.165) is 25.7 Å². The Morgan fingerprint density at radius 3 is 1.56 bits per heavy atom. The van der Waals surface area contributed by atoms with Gasteiger partial charge in [0.25, 0.3) is 0 Å². The lowest BCUT2D eigenvalue weighted by Crippen LogP contribution is -2.18. The first-order valence-electron chi connectivity index (χ1n) is 6.45. The summed E-state index contributed by atoms with van der Waals surface area (Å²) in [4.78, 5) is 23.5. The van der Waals surface area contributed by atoms with Crippen LogP contribution in [0.4, 0.5) is 11.4 Å². The van der Waals surface area contributed by atoms with Gasteiger partial charge in [-0.3, -0.25) is 9.59 Å². The Kier molecular flexibility index (Phi) is 2.78. The smallest absolute Gasteiger partial charge is 0.227 e. The summed E-state index contributed by atoms with van der Waals surface area (Å²) < 4.78 is 0. The fraction of sp³-hybridized carbons (Fsp3) is 0.429. The van der Waals surface area contributed by atoms with Crippen molar-refractivity contribution in [1.29, 1.82) is 0 Å². The quantitative estimate of drug-likeness (QED) is 0.854. The maximum absolute atomic E-state index is 11.7. The highest BCUT2D eigenvalue weighted by molar-refractivity contribution is 6.01. The molecule has 2 N–H and O–H groups in total. The van der Waals surface area contributed by atoms with Crippen LogP contribution in [0.25, 0.3) is 0 Å². The Morgan fingerprint density at radius 2 is 1.22 bits per heavy atom. The molecule has 94 valence electrons. The molecular formula is C14H16N2O2. The maximum Gasteiger partial charge on any atom is 0.227 e. The van der Waals surface area contributed by atoms with Gasteiger partial charge in [-0.15, -0.1) is 0 Å². The molecule has 0 spiro atoms. The van der Waals surface area contributed by atoms with Crippen LogP contribution in [0, 0.1) is 11.8 Å². The lowest BCUT2D eigenvalue weighted by Gasteiger charge is -2.11. The van der Waals surface area contributed by atoms with Gasteiger partial charge in [0, 0.05) is 11.8 Å². The number of benzene rings is 1. The summed E-state index contributed by atoms with van der Waals surface area (Å²) in [6, 6.07) is 7.36. The van der Waals surface area contributed by atoms with Crippen LogP contribution in [-0.4, -0.2) is 11.8 Å². The zero-order valence-corrected chi connectivity index (χ0v) is 10.1. The summed E-state index contributed by atoms with van der Waals surface area (Å²) in [5, 5.41) is 5.77. The highest BCUT2D eigenvalue weighted by atomic mass is 16.2. The van der Waals surface area contributed by atoms with E-state index in [0.29, 0.717) is 11.4 Å². The Bertz CT molecular complexity index is 445. The van der Waals surface area contributed by atoms with Crippen molar-refractivity contribution in [2.45, 2.75) is 25.7 Å². The molecule has 0 saturated heterocycles. The number of hydrogen-bond donors (Lipinski definition) is 2. The molecule has 2 aliphatic carbocycles. The van der Waals surface area contributed by atoms with Crippen LogP contribution in [0.1, 0.15) is 25.7 Å². The first kappa shape index (κ1) is 11.3. The lowest BCUT2D eigenvalue weighted by atomic mass is 10.2. The minimum Gasteiger partial charge on any atom is -0.324 e. The molecule has 2 amide bonds. The van der Waals surface area contributed by atoms with E-state index in [1.807, 2.05) is 24.3 Å². The third-order valence-electron chi connectivity index (χ3n) is 3.34. The summed E-state index contributed by atoms with van der Waals surface area (Å²) in [5.74, 6) is 0.445. The predicted octanol–water partition coefficient (Wildman–Crippen LogP) is 2.38. The molecule has 4 nitrogen and oxygen atoms in total. The van der Waals surface area contributed by atoms with E-state index in [-0.39, 0.29) is 23.7 Å². The molecule has 0 aliphatic heterocycles. The number of carbonyl (C=O) groups excluding carboxylic acids is 2. The Labute approximate surface area is 106 Å². The van der Waals surface area contributed by atoms with Gasteiger partial charge < -0.3 is 10.6 Å². The molecule has 4 heteroatoms. The van der Waals surface area contributed by atoms with Gasteiger partial charge in [-0.2, -0.15) is 0 Å². The SMILES string of the molecule is O=C(Nc1ccccc1NC(=O)C1CC1)C1CC1. The van der Waals surface area contributed by atoms with E-state index >= 15 is 0 Å². The van der Waals surface area contributed by atoms with Gasteiger partial charge in [0.2, 0.25) is 11.8 Å². The Morgan fingerprint density at radius 1 is 0.833 bits per heavy atom. The standard InChI is InChI=1S/C14H16N2O2/c17-13(9-5-6-9)15-11-3-1-2-4-12(11)16-14(18)10-7-8-10/h1-4,9-10H,5-8H2,(H,15,17)(H,16,18). The minimum atomic E-state index is 0.0584. The third kappa shape index (κ3) is 2.53. The molecule has 0 unspecified atom stereocenters. The van der Waals surface area contributed by atoms with E-state index in [2.05, 4.69) is 10.6 Å².